The van der Waals surface area contributed by atoms with Gasteiger partial charge in [-0.3, -0.25) is 4.79 Å². The SMILES string of the molecule is CC(O)CCNC(=O)c1ccc2c(c1)nc(C(F)(F)F)n2C(C)C. The van der Waals surface area contributed by atoms with Gasteiger partial charge < -0.3 is 15.0 Å². The molecule has 1 atom stereocenters. The van der Waals surface area contributed by atoms with Crippen LogP contribution >= 0.6 is 0 Å². The smallest absolute Gasteiger partial charge is 0.393 e. The topological polar surface area (TPSA) is 67.2 Å². The molecule has 2 N–H and O–H groups in total. The van der Waals surface area contributed by atoms with Crippen molar-refractivity contribution in [3.8, 4) is 0 Å². The molecule has 0 radical (unpaired) electrons. The van der Waals surface area contributed by atoms with E-state index in [1.807, 2.05) is 0 Å². The number of hydrogen-bond acceptors (Lipinski definition) is 3. The number of alkyl halides is 3. The average molecular weight is 343 g/mol. The number of carbonyl (C=O) groups is 1. The summed E-state index contributed by atoms with van der Waals surface area (Å²) in [4.78, 5) is 15.7. The number of hydrogen-bond donors (Lipinski definition) is 2. The van der Waals surface area contributed by atoms with E-state index in [0.29, 0.717) is 11.9 Å². The Morgan fingerprint density at radius 3 is 2.54 bits per heavy atom. The van der Waals surface area contributed by atoms with Crippen molar-refractivity contribution in [2.24, 2.45) is 0 Å². The molecule has 0 aliphatic carbocycles. The molecule has 1 amide bonds. The fourth-order valence-electron chi connectivity index (χ4n) is 2.46. The molecule has 0 aliphatic heterocycles. The highest BCUT2D eigenvalue weighted by Gasteiger charge is 2.38. The molecule has 0 fully saturated rings. The number of aromatic nitrogens is 2. The lowest BCUT2D eigenvalue weighted by Crippen LogP contribution is -2.26. The van der Waals surface area contributed by atoms with E-state index in [0.717, 1.165) is 4.57 Å². The van der Waals surface area contributed by atoms with Crippen LogP contribution < -0.4 is 5.32 Å². The molecule has 1 heterocycles. The molecule has 0 bridgehead atoms. The number of aliphatic hydroxyl groups excluding tert-OH is 1. The van der Waals surface area contributed by atoms with Gasteiger partial charge in [0.25, 0.3) is 5.91 Å². The van der Waals surface area contributed by atoms with E-state index in [-0.39, 0.29) is 17.6 Å². The summed E-state index contributed by atoms with van der Waals surface area (Å²) in [6.45, 7) is 5.18. The minimum Gasteiger partial charge on any atom is -0.393 e. The maximum absolute atomic E-state index is 13.2. The van der Waals surface area contributed by atoms with E-state index in [9.17, 15) is 18.0 Å². The Bertz CT molecular complexity index is 736. The second kappa shape index (κ2) is 6.80. The number of halogens is 3. The molecule has 132 valence electrons. The second-order valence-corrected chi connectivity index (χ2v) is 5.99. The summed E-state index contributed by atoms with van der Waals surface area (Å²) in [7, 11) is 0. The lowest BCUT2D eigenvalue weighted by molar-refractivity contribution is -0.147. The van der Waals surface area contributed by atoms with E-state index < -0.39 is 30.1 Å². The van der Waals surface area contributed by atoms with E-state index in [1.54, 1.807) is 20.8 Å². The van der Waals surface area contributed by atoms with Crippen LogP contribution in [0.2, 0.25) is 0 Å². The Morgan fingerprint density at radius 2 is 2.00 bits per heavy atom. The molecule has 24 heavy (non-hydrogen) atoms. The largest absolute Gasteiger partial charge is 0.449 e. The van der Waals surface area contributed by atoms with Crippen LogP contribution in [0.3, 0.4) is 0 Å². The number of nitrogens with zero attached hydrogens (tertiary/aromatic N) is 2. The minimum absolute atomic E-state index is 0.124. The summed E-state index contributed by atoms with van der Waals surface area (Å²) in [5, 5.41) is 11.8. The van der Waals surface area contributed by atoms with Crippen molar-refractivity contribution in [2.45, 2.75) is 45.5 Å². The first kappa shape index (κ1) is 18.3. The second-order valence-electron chi connectivity index (χ2n) is 5.99. The van der Waals surface area contributed by atoms with Gasteiger partial charge in [0, 0.05) is 18.2 Å². The molecule has 1 aromatic heterocycles. The highest BCUT2D eigenvalue weighted by molar-refractivity contribution is 5.97. The number of nitrogens with one attached hydrogen (secondary N) is 1. The molecular formula is C16H20F3N3O2. The summed E-state index contributed by atoms with van der Waals surface area (Å²) in [5.74, 6) is -1.38. The number of aliphatic hydroxyl groups is 1. The lowest BCUT2D eigenvalue weighted by Gasteiger charge is -2.14. The van der Waals surface area contributed by atoms with Gasteiger partial charge in [-0.2, -0.15) is 13.2 Å². The van der Waals surface area contributed by atoms with E-state index in [2.05, 4.69) is 10.3 Å². The number of rotatable bonds is 5. The molecule has 1 aromatic carbocycles. The number of amides is 1. The van der Waals surface area contributed by atoms with Gasteiger partial charge >= 0.3 is 6.18 Å². The quantitative estimate of drug-likeness (QED) is 0.876. The first-order chi connectivity index (χ1) is 11.1. The monoisotopic (exact) mass is 343 g/mol. The highest BCUT2D eigenvalue weighted by Crippen LogP contribution is 2.33. The maximum Gasteiger partial charge on any atom is 0.449 e. The first-order valence-electron chi connectivity index (χ1n) is 7.66. The number of benzene rings is 1. The zero-order valence-electron chi connectivity index (χ0n) is 13.7. The molecule has 2 aromatic rings. The van der Waals surface area contributed by atoms with Gasteiger partial charge in [-0.15, -0.1) is 0 Å². The molecule has 8 heteroatoms. The third-order valence-corrected chi connectivity index (χ3v) is 3.57. The average Bonchev–Trinajstić information content (AvgIpc) is 2.85. The minimum atomic E-state index is -4.57. The Balaban J connectivity index is 2.36. The standard InChI is InChI=1S/C16H20F3N3O2/c1-9(2)22-13-5-4-11(14(24)20-7-6-10(3)23)8-12(13)21-15(22)16(17,18)19/h4-5,8-10,23H,6-7H2,1-3H3,(H,20,24). The lowest BCUT2D eigenvalue weighted by atomic mass is 10.1. The van der Waals surface area contributed by atoms with Crippen molar-refractivity contribution in [1.82, 2.24) is 14.9 Å². The number of imidazole rings is 1. The summed E-state index contributed by atoms with van der Waals surface area (Å²) in [6.07, 6.45) is -4.71. The third-order valence-electron chi connectivity index (χ3n) is 3.57. The van der Waals surface area contributed by atoms with E-state index >= 15 is 0 Å². The zero-order valence-corrected chi connectivity index (χ0v) is 13.7. The Labute approximate surface area is 137 Å². The van der Waals surface area contributed by atoms with Crippen molar-refractivity contribution >= 4 is 16.9 Å². The molecule has 0 spiro atoms. The van der Waals surface area contributed by atoms with Crippen LogP contribution in [-0.4, -0.2) is 33.2 Å². The van der Waals surface area contributed by atoms with Crippen LogP contribution in [0.5, 0.6) is 0 Å². The Kier molecular flexibility index (Phi) is 5.17. The van der Waals surface area contributed by atoms with Crippen LogP contribution in [0.25, 0.3) is 11.0 Å². The van der Waals surface area contributed by atoms with Crippen molar-refractivity contribution in [3.63, 3.8) is 0 Å². The molecule has 2 rings (SSSR count). The van der Waals surface area contributed by atoms with Gasteiger partial charge in [-0.1, -0.05) is 0 Å². The molecular weight excluding hydrogens is 323 g/mol. The van der Waals surface area contributed by atoms with Gasteiger partial charge in [0.2, 0.25) is 5.82 Å². The normalized spacial score (nSPS) is 13.5. The van der Waals surface area contributed by atoms with Gasteiger partial charge in [-0.05, 0) is 45.4 Å². The molecule has 5 nitrogen and oxygen atoms in total. The van der Waals surface area contributed by atoms with Crippen molar-refractivity contribution in [2.75, 3.05) is 6.54 Å². The van der Waals surface area contributed by atoms with Gasteiger partial charge in [0.15, 0.2) is 0 Å². The molecule has 0 saturated carbocycles. The van der Waals surface area contributed by atoms with Crippen LogP contribution in [0.15, 0.2) is 18.2 Å². The van der Waals surface area contributed by atoms with Crippen molar-refractivity contribution < 1.29 is 23.1 Å². The van der Waals surface area contributed by atoms with Gasteiger partial charge in [0.05, 0.1) is 17.1 Å². The fourth-order valence-corrected chi connectivity index (χ4v) is 2.46. The maximum atomic E-state index is 13.2. The van der Waals surface area contributed by atoms with E-state index in [4.69, 9.17) is 5.11 Å². The molecule has 0 saturated heterocycles. The summed E-state index contributed by atoms with van der Waals surface area (Å²) in [6, 6.07) is 3.88. The van der Waals surface area contributed by atoms with E-state index in [1.165, 1.54) is 18.2 Å². The van der Waals surface area contributed by atoms with Crippen LogP contribution in [-0.2, 0) is 6.18 Å². The number of carbonyl (C=O) groups excluding carboxylic acids is 1. The highest BCUT2D eigenvalue weighted by atomic mass is 19.4. The Hall–Kier alpha value is -2.09. The predicted molar refractivity (Wildman–Crippen MR) is 83.8 cm³/mol. The van der Waals surface area contributed by atoms with Crippen LogP contribution in [0.4, 0.5) is 13.2 Å². The first-order valence-corrected chi connectivity index (χ1v) is 7.66. The third kappa shape index (κ3) is 3.87. The zero-order chi connectivity index (χ0) is 18.1. The van der Waals surface area contributed by atoms with Gasteiger partial charge in [0.1, 0.15) is 0 Å². The predicted octanol–water partition coefficient (Wildman–Crippen LogP) is 3.14. The Morgan fingerprint density at radius 1 is 1.33 bits per heavy atom. The number of fused-ring (bicyclic) bond motifs is 1. The van der Waals surface area contributed by atoms with Gasteiger partial charge in [-0.25, -0.2) is 4.98 Å². The van der Waals surface area contributed by atoms with Crippen LogP contribution in [0.1, 0.15) is 49.4 Å². The molecule has 1 unspecified atom stereocenters. The van der Waals surface area contributed by atoms with Crippen molar-refractivity contribution in [3.05, 3.63) is 29.6 Å². The van der Waals surface area contributed by atoms with Crippen molar-refractivity contribution in [1.29, 1.82) is 0 Å². The van der Waals surface area contributed by atoms with Crippen LogP contribution in [0, 0.1) is 0 Å². The summed E-state index contributed by atoms with van der Waals surface area (Å²) in [5.41, 5.74) is 0.687. The fraction of sp³-hybridized carbons (Fsp3) is 0.500. The summed E-state index contributed by atoms with van der Waals surface area (Å²) >= 11 is 0. The summed E-state index contributed by atoms with van der Waals surface area (Å²) < 4.78 is 40.6. The molecule has 0 aliphatic rings.